The second-order valence-electron chi connectivity index (χ2n) is 7.49. The average Bonchev–Trinajstić information content (AvgIpc) is 3.53. The van der Waals surface area contributed by atoms with Crippen LogP contribution in [0.25, 0.3) is 10.6 Å². The van der Waals surface area contributed by atoms with Crippen LogP contribution in [0.15, 0.2) is 42.5 Å². The monoisotopic (exact) mass is 436 g/mol. The van der Waals surface area contributed by atoms with Gasteiger partial charge in [0.25, 0.3) is 5.91 Å². The molecule has 2 aliphatic heterocycles. The smallest absolute Gasteiger partial charge is 0.254 e. The van der Waals surface area contributed by atoms with Crippen molar-refractivity contribution in [2.24, 2.45) is 0 Å². The molecule has 1 N–H and O–H groups in total. The first-order valence-electron chi connectivity index (χ1n) is 10.0. The maximum absolute atomic E-state index is 12.9. The van der Waals surface area contributed by atoms with Gasteiger partial charge < -0.3 is 14.4 Å². The summed E-state index contributed by atoms with van der Waals surface area (Å²) in [5.74, 6) is 0.984. The van der Waals surface area contributed by atoms with Crippen LogP contribution in [-0.2, 0) is 4.79 Å². The number of hydrogen-bond acceptors (Lipinski definition) is 7. The fourth-order valence-corrected chi connectivity index (χ4v) is 4.50. The van der Waals surface area contributed by atoms with Gasteiger partial charge in [-0.1, -0.05) is 29.0 Å². The molecule has 1 atom stereocenters. The molecule has 2 aliphatic rings. The summed E-state index contributed by atoms with van der Waals surface area (Å²) < 4.78 is 10.7. The van der Waals surface area contributed by atoms with Crippen LogP contribution in [0.2, 0.25) is 0 Å². The van der Waals surface area contributed by atoms with Crippen LogP contribution >= 0.6 is 11.3 Å². The van der Waals surface area contributed by atoms with E-state index in [1.54, 1.807) is 17.0 Å². The molecule has 0 bridgehead atoms. The molecule has 31 heavy (non-hydrogen) atoms. The van der Waals surface area contributed by atoms with Crippen molar-refractivity contribution >= 4 is 28.3 Å². The van der Waals surface area contributed by atoms with Crippen molar-refractivity contribution in [3.63, 3.8) is 0 Å². The lowest BCUT2D eigenvalue weighted by atomic mass is 10.1. The van der Waals surface area contributed by atoms with Gasteiger partial charge in [0.05, 0.1) is 0 Å². The van der Waals surface area contributed by atoms with Crippen LogP contribution in [0.4, 0.5) is 5.13 Å². The molecule has 9 heteroatoms. The number of carbonyl (C=O) groups is 2. The van der Waals surface area contributed by atoms with Gasteiger partial charge in [-0.2, -0.15) is 0 Å². The Bertz CT molecular complexity index is 1140. The zero-order chi connectivity index (χ0) is 21.4. The topological polar surface area (TPSA) is 93.7 Å². The normalized spacial score (nSPS) is 17.1. The second kappa shape index (κ2) is 7.99. The van der Waals surface area contributed by atoms with Gasteiger partial charge >= 0.3 is 0 Å². The van der Waals surface area contributed by atoms with Crippen LogP contribution in [-0.4, -0.2) is 46.3 Å². The molecule has 158 valence electrons. The minimum atomic E-state index is -0.522. The maximum Gasteiger partial charge on any atom is 0.254 e. The average molecular weight is 436 g/mol. The number of anilines is 1. The minimum absolute atomic E-state index is 0.129. The van der Waals surface area contributed by atoms with Crippen molar-refractivity contribution < 1.29 is 19.1 Å². The van der Waals surface area contributed by atoms with E-state index >= 15 is 0 Å². The molecular formula is C22H20N4O4S. The number of fused-ring (bicyclic) bond motifs is 1. The van der Waals surface area contributed by atoms with Crippen LogP contribution in [0.1, 0.15) is 28.8 Å². The molecule has 0 aliphatic carbocycles. The molecule has 0 spiro atoms. The summed E-state index contributed by atoms with van der Waals surface area (Å²) in [5, 5.41) is 12.2. The van der Waals surface area contributed by atoms with Crippen LogP contribution in [0.3, 0.4) is 0 Å². The van der Waals surface area contributed by atoms with E-state index in [-0.39, 0.29) is 18.6 Å². The maximum atomic E-state index is 12.9. The largest absolute Gasteiger partial charge is 0.454 e. The predicted octanol–water partition coefficient (Wildman–Crippen LogP) is 3.49. The van der Waals surface area contributed by atoms with Crippen LogP contribution < -0.4 is 14.8 Å². The molecule has 3 aromatic rings. The van der Waals surface area contributed by atoms with Gasteiger partial charge in [-0.05, 0) is 50.1 Å². The highest BCUT2D eigenvalue weighted by atomic mass is 32.1. The van der Waals surface area contributed by atoms with Crippen molar-refractivity contribution in [3.05, 3.63) is 53.6 Å². The Morgan fingerprint density at radius 3 is 2.74 bits per heavy atom. The quantitative estimate of drug-likeness (QED) is 0.673. The minimum Gasteiger partial charge on any atom is -0.454 e. The van der Waals surface area contributed by atoms with E-state index in [1.807, 2.05) is 37.3 Å². The van der Waals surface area contributed by atoms with Gasteiger partial charge in [0.1, 0.15) is 11.0 Å². The Morgan fingerprint density at radius 2 is 1.90 bits per heavy atom. The number of rotatable bonds is 4. The number of nitrogens with zero attached hydrogens (tertiary/aromatic N) is 3. The van der Waals surface area contributed by atoms with Gasteiger partial charge in [0, 0.05) is 17.7 Å². The molecule has 0 radical (unpaired) electrons. The summed E-state index contributed by atoms with van der Waals surface area (Å²) >= 11 is 1.27. The van der Waals surface area contributed by atoms with Gasteiger partial charge in [-0.3, -0.25) is 14.9 Å². The lowest BCUT2D eigenvalue weighted by Crippen LogP contribution is -2.43. The predicted molar refractivity (Wildman–Crippen MR) is 115 cm³/mol. The fraction of sp³-hybridized carbons (Fsp3) is 0.273. The standard InChI is InChI=1S/C22H20N4O4S/c1-13-4-6-14(7-5-13)21(28)26-10-2-3-16(26)19(27)23-22-25-24-20(31-22)15-8-9-17-18(11-15)30-12-29-17/h4-9,11,16H,2-3,10,12H2,1H3,(H,23,25,27). The number of aromatic nitrogens is 2. The van der Waals surface area contributed by atoms with Crippen molar-refractivity contribution in [1.82, 2.24) is 15.1 Å². The number of amides is 2. The van der Waals surface area contributed by atoms with Crippen molar-refractivity contribution in [2.45, 2.75) is 25.8 Å². The number of aryl methyl sites for hydroxylation is 1. The van der Waals surface area contributed by atoms with E-state index in [9.17, 15) is 9.59 Å². The zero-order valence-electron chi connectivity index (χ0n) is 16.8. The van der Waals surface area contributed by atoms with E-state index in [0.717, 1.165) is 17.5 Å². The molecule has 8 nitrogen and oxygen atoms in total. The fourth-order valence-electron chi connectivity index (χ4n) is 3.75. The lowest BCUT2D eigenvalue weighted by Gasteiger charge is -2.23. The highest BCUT2D eigenvalue weighted by molar-refractivity contribution is 7.18. The number of hydrogen-bond donors (Lipinski definition) is 1. The van der Waals surface area contributed by atoms with E-state index in [2.05, 4.69) is 15.5 Å². The molecule has 0 saturated carbocycles. The van der Waals surface area contributed by atoms with Gasteiger partial charge in [-0.15, -0.1) is 10.2 Å². The van der Waals surface area contributed by atoms with Crippen molar-refractivity contribution in [1.29, 1.82) is 0 Å². The summed E-state index contributed by atoms with van der Waals surface area (Å²) in [6.45, 7) is 2.74. The molecule has 1 unspecified atom stereocenters. The number of nitrogens with one attached hydrogen (secondary N) is 1. The summed E-state index contributed by atoms with van der Waals surface area (Å²) in [5.41, 5.74) is 2.51. The van der Waals surface area contributed by atoms with Crippen molar-refractivity contribution in [3.8, 4) is 22.1 Å². The number of likely N-dealkylation sites (tertiary alicyclic amines) is 1. The molecule has 1 saturated heterocycles. The summed E-state index contributed by atoms with van der Waals surface area (Å²) in [4.78, 5) is 27.5. The number of ether oxygens (including phenoxy) is 2. The summed E-state index contributed by atoms with van der Waals surface area (Å²) in [6, 6.07) is 12.4. The Balaban J connectivity index is 1.28. The van der Waals surface area contributed by atoms with E-state index in [0.29, 0.717) is 40.2 Å². The van der Waals surface area contributed by atoms with Crippen LogP contribution in [0, 0.1) is 6.92 Å². The number of carbonyl (C=O) groups excluding carboxylic acids is 2. The molecule has 3 heterocycles. The Labute approximate surface area is 182 Å². The SMILES string of the molecule is Cc1ccc(C(=O)N2CCCC2C(=O)Nc2nnc(-c3ccc4c(c3)OCO4)s2)cc1. The first-order valence-corrected chi connectivity index (χ1v) is 10.8. The van der Waals surface area contributed by atoms with E-state index in [1.165, 1.54) is 11.3 Å². The third kappa shape index (κ3) is 3.84. The molecular weight excluding hydrogens is 416 g/mol. The highest BCUT2D eigenvalue weighted by Gasteiger charge is 2.35. The summed E-state index contributed by atoms with van der Waals surface area (Å²) in [7, 11) is 0. The zero-order valence-corrected chi connectivity index (χ0v) is 17.6. The molecule has 1 aromatic heterocycles. The van der Waals surface area contributed by atoms with Gasteiger partial charge in [0.2, 0.25) is 17.8 Å². The molecule has 2 amide bonds. The second-order valence-corrected chi connectivity index (χ2v) is 8.47. The van der Waals surface area contributed by atoms with Gasteiger partial charge in [-0.25, -0.2) is 0 Å². The Hall–Kier alpha value is -3.46. The Morgan fingerprint density at radius 1 is 1.10 bits per heavy atom. The number of benzene rings is 2. The lowest BCUT2D eigenvalue weighted by molar-refractivity contribution is -0.119. The Kier molecular flexibility index (Phi) is 5.03. The van der Waals surface area contributed by atoms with Crippen molar-refractivity contribution in [2.75, 3.05) is 18.7 Å². The first-order chi connectivity index (χ1) is 15.1. The molecule has 5 rings (SSSR count). The van der Waals surface area contributed by atoms with E-state index < -0.39 is 6.04 Å². The third-order valence-corrected chi connectivity index (χ3v) is 6.28. The van der Waals surface area contributed by atoms with E-state index in [4.69, 9.17) is 9.47 Å². The highest BCUT2D eigenvalue weighted by Crippen LogP contribution is 2.37. The summed E-state index contributed by atoms with van der Waals surface area (Å²) in [6.07, 6.45) is 1.41. The van der Waals surface area contributed by atoms with Gasteiger partial charge in [0.15, 0.2) is 11.5 Å². The molecule has 1 fully saturated rings. The first kappa shape index (κ1) is 19.5. The van der Waals surface area contributed by atoms with Crippen LogP contribution in [0.5, 0.6) is 11.5 Å². The molecule has 2 aromatic carbocycles. The third-order valence-electron chi connectivity index (χ3n) is 5.39.